The lowest BCUT2D eigenvalue weighted by atomic mass is 10.1. The Kier molecular flexibility index (Phi) is 2.85. The van der Waals surface area contributed by atoms with Crippen LogP contribution in [0.3, 0.4) is 0 Å². The van der Waals surface area contributed by atoms with Crippen LogP contribution in [0.2, 0.25) is 0 Å². The fraction of sp³-hybridized carbons (Fsp3) is 0.167. The molecule has 0 bridgehead atoms. The molecule has 0 atom stereocenters. The monoisotopic (exact) mass is 278 g/mol. The molecule has 2 aliphatic heterocycles. The summed E-state index contributed by atoms with van der Waals surface area (Å²) < 4.78 is 13.8. The van der Waals surface area contributed by atoms with Crippen LogP contribution in [-0.4, -0.2) is 17.3 Å². The molecular weight excluding hydrogens is 263 g/mol. The molecule has 104 valence electrons. The van der Waals surface area contributed by atoms with Crippen LogP contribution in [0.15, 0.2) is 59.1 Å². The lowest BCUT2D eigenvalue weighted by Gasteiger charge is -2.24. The van der Waals surface area contributed by atoms with Crippen molar-refractivity contribution in [3.63, 3.8) is 0 Å². The largest absolute Gasteiger partial charge is 0.352 e. The van der Waals surface area contributed by atoms with Gasteiger partial charge in [-0.3, -0.25) is 0 Å². The second-order valence-corrected chi connectivity index (χ2v) is 5.43. The van der Waals surface area contributed by atoms with Crippen molar-refractivity contribution < 1.29 is 4.39 Å². The van der Waals surface area contributed by atoms with Crippen molar-refractivity contribution >= 4 is 17.6 Å². The van der Waals surface area contributed by atoms with Crippen LogP contribution >= 0.6 is 0 Å². The van der Waals surface area contributed by atoms with Gasteiger partial charge in [-0.1, -0.05) is 36.4 Å². The van der Waals surface area contributed by atoms with Gasteiger partial charge in [0.25, 0.3) is 0 Å². The number of para-hydroxylation sites is 1. The number of rotatable bonds is 1. The maximum Gasteiger partial charge on any atom is 0.132 e. The summed E-state index contributed by atoms with van der Waals surface area (Å²) in [7, 11) is 0. The van der Waals surface area contributed by atoms with Gasteiger partial charge in [0.05, 0.1) is 5.69 Å². The van der Waals surface area contributed by atoms with Gasteiger partial charge in [-0.25, -0.2) is 9.38 Å². The summed E-state index contributed by atoms with van der Waals surface area (Å²) in [5, 5.41) is 0. The summed E-state index contributed by atoms with van der Waals surface area (Å²) >= 11 is 0. The van der Waals surface area contributed by atoms with Crippen LogP contribution in [0.4, 0.5) is 10.1 Å². The van der Waals surface area contributed by atoms with E-state index in [2.05, 4.69) is 11.0 Å². The van der Waals surface area contributed by atoms with Gasteiger partial charge < -0.3 is 4.90 Å². The van der Waals surface area contributed by atoms with Crippen molar-refractivity contribution in [2.45, 2.75) is 13.0 Å². The molecule has 0 amide bonds. The van der Waals surface area contributed by atoms with E-state index in [4.69, 9.17) is 4.99 Å². The van der Waals surface area contributed by atoms with Gasteiger partial charge in [0.1, 0.15) is 11.7 Å². The van der Waals surface area contributed by atoms with E-state index in [1.807, 2.05) is 36.4 Å². The Balaban J connectivity index is 1.77. The lowest BCUT2D eigenvalue weighted by Crippen LogP contribution is -2.27. The molecule has 0 unspecified atom stereocenters. The first kappa shape index (κ1) is 12.3. The average Bonchev–Trinajstić information content (AvgIpc) is 2.89. The second-order valence-electron chi connectivity index (χ2n) is 5.43. The number of aliphatic imine (C=N–C) groups is 1. The molecule has 0 aromatic heterocycles. The smallest absolute Gasteiger partial charge is 0.132 e. The topological polar surface area (TPSA) is 15.6 Å². The van der Waals surface area contributed by atoms with Crippen molar-refractivity contribution in [1.82, 2.24) is 4.90 Å². The molecule has 1 saturated heterocycles. The van der Waals surface area contributed by atoms with Crippen LogP contribution in [0.25, 0.3) is 6.08 Å². The maximum absolute atomic E-state index is 13.8. The highest BCUT2D eigenvalue weighted by molar-refractivity contribution is 6.06. The predicted molar refractivity (Wildman–Crippen MR) is 82.9 cm³/mol. The number of fused-ring (bicyclic) bond motifs is 2. The molecule has 4 rings (SSSR count). The molecule has 0 spiro atoms. The third kappa shape index (κ3) is 2.15. The molecule has 1 fully saturated rings. The van der Waals surface area contributed by atoms with Gasteiger partial charge >= 0.3 is 0 Å². The zero-order chi connectivity index (χ0) is 14.2. The Bertz CT molecular complexity index is 761. The Morgan fingerprint density at radius 2 is 1.86 bits per heavy atom. The first-order valence-corrected chi connectivity index (χ1v) is 7.18. The molecule has 0 saturated carbocycles. The van der Waals surface area contributed by atoms with Crippen LogP contribution in [-0.2, 0) is 6.54 Å². The summed E-state index contributed by atoms with van der Waals surface area (Å²) in [5.74, 6) is 0.817. The quantitative estimate of drug-likeness (QED) is 0.765. The van der Waals surface area contributed by atoms with Gasteiger partial charge in [0.15, 0.2) is 0 Å². The van der Waals surface area contributed by atoms with E-state index in [-0.39, 0.29) is 5.82 Å². The minimum atomic E-state index is -0.180. The van der Waals surface area contributed by atoms with E-state index in [1.54, 1.807) is 6.07 Å². The van der Waals surface area contributed by atoms with Crippen molar-refractivity contribution in [3.8, 4) is 0 Å². The van der Waals surface area contributed by atoms with Crippen molar-refractivity contribution in [2.75, 3.05) is 6.54 Å². The second kappa shape index (κ2) is 4.85. The summed E-state index contributed by atoms with van der Waals surface area (Å²) in [6.07, 6.45) is 2.85. The highest BCUT2D eigenvalue weighted by atomic mass is 19.1. The fourth-order valence-corrected chi connectivity index (χ4v) is 2.96. The zero-order valence-electron chi connectivity index (χ0n) is 11.6. The fourth-order valence-electron chi connectivity index (χ4n) is 2.96. The molecular formula is C18H15FN2. The molecule has 3 heteroatoms. The summed E-state index contributed by atoms with van der Waals surface area (Å²) in [4.78, 5) is 7.04. The van der Waals surface area contributed by atoms with E-state index < -0.39 is 0 Å². The van der Waals surface area contributed by atoms with E-state index in [0.29, 0.717) is 5.56 Å². The first-order valence-electron chi connectivity index (χ1n) is 7.18. The molecule has 0 radical (unpaired) electrons. The van der Waals surface area contributed by atoms with Crippen LogP contribution in [0, 0.1) is 5.82 Å². The van der Waals surface area contributed by atoms with Crippen molar-refractivity contribution in [2.24, 2.45) is 4.99 Å². The maximum atomic E-state index is 13.8. The standard InChI is InChI=1S/C18H15FN2/c19-16-7-3-1-5-13(16)11-14-9-10-21-12-15-6-2-4-8-17(15)20-18(14)21/h1-8,11H,9-10,12H2/b14-11+. The summed E-state index contributed by atoms with van der Waals surface area (Å²) in [6, 6.07) is 15.1. The van der Waals surface area contributed by atoms with Gasteiger partial charge in [-0.05, 0) is 35.8 Å². The number of hydrogen-bond donors (Lipinski definition) is 0. The van der Waals surface area contributed by atoms with Gasteiger partial charge in [0, 0.05) is 18.7 Å². The predicted octanol–water partition coefficient (Wildman–Crippen LogP) is 4.16. The highest BCUT2D eigenvalue weighted by Crippen LogP contribution is 2.33. The van der Waals surface area contributed by atoms with Crippen molar-refractivity contribution in [1.29, 1.82) is 0 Å². The summed E-state index contributed by atoms with van der Waals surface area (Å²) in [6.45, 7) is 1.84. The van der Waals surface area contributed by atoms with Crippen LogP contribution in [0.5, 0.6) is 0 Å². The number of hydrogen-bond acceptors (Lipinski definition) is 2. The highest BCUT2D eigenvalue weighted by Gasteiger charge is 2.27. The van der Waals surface area contributed by atoms with E-state index in [9.17, 15) is 4.39 Å². The molecule has 2 aliphatic rings. The normalized spacial score (nSPS) is 18.4. The van der Waals surface area contributed by atoms with E-state index in [0.717, 1.165) is 36.6 Å². The number of amidine groups is 1. The Morgan fingerprint density at radius 3 is 2.76 bits per heavy atom. The van der Waals surface area contributed by atoms with Gasteiger partial charge in [-0.2, -0.15) is 0 Å². The van der Waals surface area contributed by atoms with E-state index in [1.165, 1.54) is 11.6 Å². The molecule has 0 aliphatic carbocycles. The van der Waals surface area contributed by atoms with Gasteiger partial charge in [-0.15, -0.1) is 0 Å². The third-order valence-electron chi connectivity index (χ3n) is 4.05. The number of nitrogens with zero attached hydrogens (tertiary/aromatic N) is 2. The minimum Gasteiger partial charge on any atom is -0.352 e. The summed E-state index contributed by atoms with van der Waals surface area (Å²) in [5.41, 5.74) is 4.05. The Labute approximate surface area is 123 Å². The number of halogens is 1. The first-order chi connectivity index (χ1) is 10.3. The number of benzene rings is 2. The molecule has 21 heavy (non-hydrogen) atoms. The van der Waals surface area contributed by atoms with Crippen molar-refractivity contribution in [3.05, 3.63) is 71.0 Å². The molecule has 2 nitrogen and oxygen atoms in total. The SMILES string of the molecule is Fc1ccccc1/C=C1\CCN2Cc3ccccc3N=C12. The van der Waals surface area contributed by atoms with Crippen LogP contribution in [0.1, 0.15) is 17.5 Å². The lowest BCUT2D eigenvalue weighted by molar-refractivity contribution is 0.443. The average molecular weight is 278 g/mol. The zero-order valence-corrected chi connectivity index (χ0v) is 11.6. The van der Waals surface area contributed by atoms with E-state index >= 15 is 0 Å². The molecule has 0 N–H and O–H groups in total. The molecule has 2 heterocycles. The molecule has 2 aromatic rings. The minimum absolute atomic E-state index is 0.180. The van der Waals surface area contributed by atoms with Crippen LogP contribution < -0.4 is 0 Å². The van der Waals surface area contributed by atoms with Gasteiger partial charge in [0.2, 0.25) is 0 Å². The third-order valence-corrected chi connectivity index (χ3v) is 4.05. The Hall–Kier alpha value is -2.42. The Morgan fingerprint density at radius 1 is 1.05 bits per heavy atom. The molecule has 2 aromatic carbocycles.